The van der Waals surface area contributed by atoms with Gasteiger partial charge in [-0.15, -0.1) is 0 Å². The summed E-state index contributed by atoms with van der Waals surface area (Å²) in [6, 6.07) is 9.99. The van der Waals surface area contributed by atoms with Crippen molar-refractivity contribution in [3.8, 4) is 0 Å². The molecule has 0 spiro atoms. The number of amides is 1. The number of hydrogen-bond acceptors (Lipinski definition) is 2. The minimum absolute atomic E-state index is 0.0765. The molecule has 3 heteroatoms. The molecule has 0 fully saturated rings. The Kier molecular flexibility index (Phi) is 3.20. The van der Waals surface area contributed by atoms with Crippen molar-refractivity contribution < 1.29 is 4.79 Å². The molecule has 2 N–H and O–H groups in total. The van der Waals surface area contributed by atoms with Gasteiger partial charge in [-0.1, -0.05) is 24.3 Å². The van der Waals surface area contributed by atoms with Crippen molar-refractivity contribution in [3.05, 3.63) is 58.1 Å². The summed E-state index contributed by atoms with van der Waals surface area (Å²) < 4.78 is 0. The Morgan fingerprint density at radius 2 is 1.76 bits per heavy atom. The fourth-order valence-corrected chi connectivity index (χ4v) is 3.07. The highest BCUT2D eigenvalue weighted by atomic mass is 16.2. The average molecular weight is 280 g/mol. The molecule has 21 heavy (non-hydrogen) atoms. The van der Waals surface area contributed by atoms with Gasteiger partial charge in [0.05, 0.1) is 0 Å². The van der Waals surface area contributed by atoms with E-state index < -0.39 is 0 Å². The summed E-state index contributed by atoms with van der Waals surface area (Å²) in [5, 5.41) is 0. The highest BCUT2D eigenvalue weighted by Gasteiger charge is 2.27. The predicted octanol–water partition coefficient (Wildman–Crippen LogP) is 3.40. The summed E-state index contributed by atoms with van der Waals surface area (Å²) in [5.74, 6) is 0.0765. The van der Waals surface area contributed by atoms with Crippen LogP contribution in [0.3, 0.4) is 0 Å². The van der Waals surface area contributed by atoms with E-state index in [4.69, 9.17) is 5.73 Å². The quantitative estimate of drug-likeness (QED) is 0.814. The Morgan fingerprint density at radius 1 is 1.10 bits per heavy atom. The minimum atomic E-state index is 0.0765. The number of hydrogen-bond donors (Lipinski definition) is 1. The number of aryl methyl sites for hydroxylation is 3. The standard InChI is InChI=1S/C18H20N2O/c1-11-5-4-6-12(2)17(11)18(21)20-8-7-14-9-13(3)15(19)10-16(14)20/h4-6,9-10H,7-8,19H2,1-3H3. The molecule has 3 nitrogen and oxygen atoms in total. The van der Waals surface area contributed by atoms with Crippen LogP contribution in [0.4, 0.5) is 11.4 Å². The molecule has 0 unspecified atom stereocenters. The summed E-state index contributed by atoms with van der Waals surface area (Å²) in [6.45, 7) is 6.71. The van der Waals surface area contributed by atoms with Crippen LogP contribution in [0.2, 0.25) is 0 Å². The lowest BCUT2D eigenvalue weighted by molar-refractivity contribution is 0.0988. The zero-order valence-electron chi connectivity index (χ0n) is 12.7. The van der Waals surface area contributed by atoms with E-state index >= 15 is 0 Å². The molecule has 0 saturated heterocycles. The summed E-state index contributed by atoms with van der Waals surface area (Å²) in [6.07, 6.45) is 0.896. The van der Waals surface area contributed by atoms with Crippen LogP contribution >= 0.6 is 0 Å². The zero-order chi connectivity index (χ0) is 15.1. The van der Waals surface area contributed by atoms with E-state index in [0.29, 0.717) is 0 Å². The number of carbonyl (C=O) groups excluding carboxylic acids is 1. The Balaban J connectivity index is 2.05. The van der Waals surface area contributed by atoms with E-state index in [1.54, 1.807) is 0 Å². The van der Waals surface area contributed by atoms with Gasteiger partial charge in [0.25, 0.3) is 5.91 Å². The number of carbonyl (C=O) groups is 1. The van der Waals surface area contributed by atoms with Gasteiger partial charge in [0.2, 0.25) is 0 Å². The van der Waals surface area contributed by atoms with E-state index in [2.05, 4.69) is 6.07 Å². The predicted molar refractivity (Wildman–Crippen MR) is 86.9 cm³/mol. The second kappa shape index (κ2) is 4.92. The largest absolute Gasteiger partial charge is 0.398 e. The lowest BCUT2D eigenvalue weighted by Crippen LogP contribution is -2.30. The van der Waals surface area contributed by atoms with Crippen molar-refractivity contribution >= 4 is 17.3 Å². The summed E-state index contributed by atoms with van der Waals surface area (Å²) >= 11 is 0. The SMILES string of the molecule is Cc1cc2c(cc1N)N(C(=O)c1c(C)cccc1C)CC2. The van der Waals surface area contributed by atoms with Crippen molar-refractivity contribution in [1.82, 2.24) is 0 Å². The Bertz CT molecular complexity index is 714. The van der Waals surface area contributed by atoms with Crippen LogP contribution in [0.5, 0.6) is 0 Å². The molecule has 0 bridgehead atoms. The third kappa shape index (κ3) is 2.19. The fraction of sp³-hybridized carbons (Fsp3) is 0.278. The molecule has 0 saturated carbocycles. The number of rotatable bonds is 1. The summed E-state index contributed by atoms with van der Waals surface area (Å²) in [4.78, 5) is 14.8. The topological polar surface area (TPSA) is 46.3 Å². The van der Waals surface area contributed by atoms with Crippen LogP contribution < -0.4 is 10.6 Å². The number of nitrogen functional groups attached to an aromatic ring is 1. The number of anilines is 2. The Morgan fingerprint density at radius 3 is 2.43 bits per heavy atom. The highest BCUT2D eigenvalue weighted by Crippen LogP contribution is 2.33. The maximum Gasteiger partial charge on any atom is 0.258 e. The van der Waals surface area contributed by atoms with Gasteiger partial charge in [0, 0.05) is 23.5 Å². The van der Waals surface area contributed by atoms with E-state index in [9.17, 15) is 4.79 Å². The number of nitrogens with two attached hydrogens (primary N) is 1. The molecule has 2 aromatic rings. The number of benzene rings is 2. The first-order chi connectivity index (χ1) is 9.99. The van der Waals surface area contributed by atoms with Crippen molar-refractivity contribution in [2.45, 2.75) is 27.2 Å². The number of fused-ring (bicyclic) bond motifs is 1. The molecule has 0 atom stereocenters. The van der Waals surface area contributed by atoms with Crippen LogP contribution in [0, 0.1) is 20.8 Å². The monoisotopic (exact) mass is 280 g/mol. The Labute approximate surface area is 125 Å². The lowest BCUT2D eigenvalue weighted by atomic mass is 10.0. The zero-order valence-corrected chi connectivity index (χ0v) is 12.7. The third-order valence-electron chi connectivity index (χ3n) is 4.30. The van der Waals surface area contributed by atoms with E-state index in [1.165, 1.54) is 5.56 Å². The lowest BCUT2D eigenvalue weighted by Gasteiger charge is -2.20. The molecule has 0 aliphatic carbocycles. The van der Waals surface area contributed by atoms with Gasteiger partial charge in [-0.25, -0.2) is 0 Å². The molecular formula is C18H20N2O. The molecule has 3 rings (SSSR count). The van der Waals surface area contributed by atoms with Crippen molar-refractivity contribution in [1.29, 1.82) is 0 Å². The molecule has 2 aromatic carbocycles. The Hall–Kier alpha value is -2.29. The molecule has 1 amide bonds. The van der Waals surface area contributed by atoms with Gasteiger partial charge in [-0.2, -0.15) is 0 Å². The average Bonchev–Trinajstić information content (AvgIpc) is 2.81. The van der Waals surface area contributed by atoms with Crippen LogP contribution in [0.1, 0.15) is 32.6 Å². The normalized spacial score (nSPS) is 13.4. The van der Waals surface area contributed by atoms with Gasteiger partial charge in [0.15, 0.2) is 0 Å². The van der Waals surface area contributed by atoms with E-state index in [0.717, 1.165) is 46.6 Å². The van der Waals surface area contributed by atoms with Gasteiger partial charge in [-0.3, -0.25) is 4.79 Å². The maximum atomic E-state index is 12.9. The van der Waals surface area contributed by atoms with E-state index in [-0.39, 0.29) is 5.91 Å². The van der Waals surface area contributed by atoms with Gasteiger partial charge < -0.3 is 10.6 Å². The molecule has 1 aliphatic rings. The second-order valence-electron chi connectivity index (χ2n) is 5.81. The fourth-order valence-electron chi connectivity index (χ4n) is 3.07. The van der Waals surface area contributed by atoms with Crippen molar-refractivity contribution in [3.63, 3.8) is 0 Å². The smallest absolute Gasteiger partial charge is 0.258 e. The van der Waals surface area contributed by atoms with Crippen molar-refractivity contribution in [2.24, 2.45) is 0 Å². The molecule has 0 aromatic heterocycles. The second-order valence-corrected chi connectivity index (χ2v) is 5.81. The maximum absolute atomic E-state index is 12.9. The minimum Gasteiger partial charge on any atom is -0.398 e. The van der Waals surface area contributed by atoms with Gasteiger partial charge in [0.1, 0.15) is 0 Å². The molecule has 0 radical (unpaired) electrons. The molecule has 108 valence electrons. The molecular weight excluding hydrogens is 260 g/mol. The number of nitrogens with zero attached hydrogens (tertiary/aromatic N) is 1. The highest BCUT2D eigenvalue weighted by molar-refractivity contribution is 6.09. The van der Waals surface area contributed by atoms with Gasteiger partial charge in [-0.05, 0) is 55.5 Å². The van der Waals surface area contributed by atoms with E-state index in [1.807, 2.05) is 49.9 Å². The van der Waals surface area contributed by atoms with Crippen LogP contribution in [-0.2, 0) is 6.42 Å². The summed E-state index contributed by atoms with van der Waals surface area (Å²) in [5.41, 5.74) is 12.9. The van der Waals surface area contributed by atoms with Gasteiger partial charge >= 0.3 is 0 Å². The van der Waals surface area contributed by atoms with Crippen LogP contribution in [0.25, 0.3) is 0 Å². The molecule has 1 heterocycles. The first kappa shape index (κ1) is 13.7. The van der Waals surface area contributed by atoms with Crippen LogP contribution in [0.15, 0.2) is 30.3 Å². The van der Waals surface area contributed by atoms with Crippen molar-refractivity contribution in [2.75, 3.05) is 17.2 Å². The summed E-state index contributed by atoms with van der Waals surface area (Å²) in [7, 11) is 0. The molecule has 1 aliphatic heterocycles. The van der Waals surface area contributed by atoms with Crippen LogP contribution in [-0.4, -0.2) is 12.5 Å². The first-order valence-corrected chi connectivity index (χ1v) is 7.26. The third-order valence-corrected chi connectivity index (χ3v) is 4.30. The first-order valence-electron chi connectivity index (χ1n) is 7.26.